The summed E-state index contributed by atoms with van der Waals surface area (Å²) in [6, 6.07) is 9.87. The lowest BCUT2D eigenvalue weighted by atomic mass is 9.90. The van der Waals surface area contributed by atoms with Gasteiger partial charge in [0.1, 0.15) is 0 Å². The number of carbonyl (C=O) groups excluding carboxylic acids is 2. The van der Waals surface area contributed by atoms with Gasteiger partial charge in [-0.1, -0.05) is 30.3 Å². The van der Waals surface area contributed by atoms with Crippen molar-refractivity contribution in [3.63, 3.8) is 0 Å². The van der Waals surface area contributed by atoms with Gasteiger partial charge in [0.05, 0.1) is 18.7 Å². The summed E-state index contributed by atoms with van der Waals surface area (Å²) in [5, 5.41) is 10.3. The van der Waals surface area contributed by atoms with Crippen LogP contribution in [0.4, 0.5) is 0 Å². The Morgan fingerprint density at radius 1 is 1.30 bits per heavy atom. The Morgan fingerprint density at radius 3 is 2.74 bits per heavy atom. The maximum absolute atomic E-state index is 12.7. The zero-order valence-corrected chi connectivity index (χ0v) is 15.9. The van der Waals surface area contributed by atoms with E-state index in [4.69, 9.17) is 0 Å². The first-order chi connectivity index (χ1) is 13.1. The van der Waals surface area contributed by atoms with Crippen LogP contribution in [0.3, 0.4) is 0 Å². The van der Waals surface area contributed by atoms with Crippen molar-refractivity contribution in [1.82, 2.24) is 25.3 Å². The summed E-state index contributed by atoms with van der Waals surface area (Å²) < 4.78 is 1.74. The van der Waals surface area contributed by atoms with Crippen molar-refractivity contribution in [2.24, 2.45) is 13.0 Å². The molecule has 0 unspecified atom stereocenters. The normalized spacial score (nSPS) is 19.0. The Hall–Kier alpha value is -2.67. The first-order valence-electron chi connectivity index (χ1n) is 9.37. The molecule has 0 spiro atoms. The highest BCUT2D eigenvalue weighted by Gasteiger charge is 2.34. The average molecular weight is 369 g/mol. The lowest BCUT2D eigenvalue weighted by molar-refractivity contribution is -0.134. The molecule has 1 aliphatic rings. The van der Waals surface area contributed by atoms with Crippen LogP contribution in [0.15, 0.2) is 42.7 Å². The highest BCUT2D eigenvalue weighted by atomic mass is 16.2. The number of nitrogens with zero attached hydrogens (tertiary/aromatic N) is 3. The second-order valence-corrected chi connectivity index (χ2v) is 6.93. The van der Waals surface area contributed by atoms with E-state index in [0.29, 0.717) is 19.6 Å². The fraction of sp³-hybridized carbons (Fsp3) is 0.450. The van der Waals surface area contributed by atoms with Crippen LogP contribution in [-0.4, -0.2) is 52.7 Å². The van der Waals surface area contributed by atoms with Gasteiger partial charge in [-0.15, -0.1) is 0 Å². The van der Waals surface area contributed by atoms with Gasteiger partial charge in [-0.25, -0.2) is 0 Å². The third kappa shape index (κ3) is 4.74. The molecule has 3 rings (SSSR count). The molecule has 0 radical (unpaired) electrons. The van der Waals surface area contributed by atoms with E-state index >= 15 is 0 Å². The smallest absolute Gasteiger partial charge is 0.242 e. The number of nitrogens with one attached hydrogen (secondary N) is 2. The monoisotopic (exact) mass is 369 g/mol. The number of aromatic nitrogens is 2. The minimum Gasteiger partial charge on any atom is -0.347 e. The molecule has 2 heterocycles. The van der Waals surface area contributed by atoms with Gasteiger partial charge in [0, 0.05) is 45.3 Å². The van der Waals surface area contributed by atoms with Crippen molar-refractivity contribution < 1.29 is 9.59 Å². The van der Waals surface area contributed by atoms with Crippen LogP contribution in [0.1, 0.15) is 24.0 Å². The molecule has 2 N–H and O–H groups in total. The molecule has 2 amide bonds. The molecule has 1 aromatic heterocycles. The number of amides is 2. The maximum atomic E-state index is 12.7. The second-order valence-electron chi connectivity index (χ2n) is 6.93. The highest BCUT2D eigenvalue weighted by molar-refractivity contribution is 5.86. The van der Waals surface area contributed by atoms with E-state index in [1.807, 2.05) is 56.7 Å². The number of carbonyl (C=O) groups is 2. The minimum absolute atomic E-state index is 0.0236. The van der Waals surface area contributed by atoms with E-state index in [1.54, 1.807) is 9.58 Å². The lowest BCUT2D eigenvalue weighted by Gasteiger charge is -2.22. The summed E-state index contributed by atoms with van der Waals surface area (Å²) in [6.07, 6.45) is 3.75. The van der Waals surface area contributed by atoms with E-state index in [9.17, 15) is 9.59 Å². The van der Waals surface area contributed by atoms with E-state index in [1.165, 1.54) is 0 Å². The van der Waals surface area contributed by atoms with E-state index in [2.05, 4.69) is 15.7 Å². The largest absolute Gasteiger partial charge is 0.347 e. The molecule has 1 saturated heterocycles. The Labute approximate surface area is 159 Å². The molecule has 1 aliphatic heterocycles. The number of benzene rings is 1. The minimum atomic E-state index is -0.189. The summed E-state index contributed by atoms with van der Waals surface area (Å²) in [5.74, 6) is -0.261. The van der Waals surface area contributed by atoms with Gasteiger partial charge in [0.2, 0.25) is 11.8 Å². The third-order valence-electron chi connectivity index (χ3n) is 5.07. The SMILES string of the molecule is CCN(Cc1ccccc1)C(=O)CNC(=O)[C@H]1CNC[C@@H]1c1cnn(C)c1. The van der Waals surface area contributed by atoms with Crippen LogP contribution in [0.2, 0.25) is 0 Å². The first kappa shape index (κ1) is 19.1. The van der Waals surface area contributed by atoms with Gasteiger partial charge in [0.15, 0.2) is 0 Å². The fourth-order valence-electron chi connectivity index (χ4n) is 3.52. The van der Waals surface area contributed by atoms with E-state index in [0.717, 1.165) is 17.7 Å². The first-order valence-corrected chi connectivity index (χ1v) is 9.37. The van der Waals surface area contributed by atoms with Crippen molar-refractivity contribution in [3.05, 3.63) is 53.9 Å². The summed E-state index contributed by atoms with van der Waals surface area (Å²) in [5.41, 5.74) is 2.13. The van der Waals surface area contributed by atoms with Crippen LogP contribution >= 0.6 is 0 Å². The van der Waals surface area contributed by atoms with Crippen molar-refractivity contribution in [2.45, 2.75) is 19.4 Å². The Bertz CT molecular complexity index is 774. The van der Waals surface area contributed by atoms with Crippen LogP contribution in [0.5, 0.6) is 0 Å². The topological polar surface area (TPSA) is 79.3 Å². The van der Waals surface area contributed by atoms with Gasteiger partial charge in [-0.05, 0) is 18.1 Å². The number of hydrogen-bond acceptors (Lipinski definition) is 4. The van der Waals surface area contributed by atoms with Gasteiger partial charge >= 0.3 is 0 Å². The molecule has 2 aromatic rings. The second kappa shape index (κ2) is 8.81. The van der Waals surface area contributed by atoms with E-state index < -0.39 is 0 Å². The van der Waals surface area contributed by atoms with Gasteiger partial charge in [-0.3, -0.25) is 14.3 Å². The molecule has 1 aromatic carbocycles. The molecule has 7 heteroatoms. The van der Waals surface area contributed by atoms with Gasteiger partial charge < -0.3 is 15.5 Å². The molecule has 27 heavy (non-hydrogen) atoms. The molecule has 0 aliphatic carbocycles. The number of rotatable bonds is 7. The van der Waals surface area contributed by atoms with Crippen LogP contribution in [0, 0.1) is 5.92 Å². The molecular weight excluding hydrogens is 342 g/mol. The molecule has 1 fully saturated rings. The standard InChI is InChI=1S/C20H27N5O2/c1-3-25(13-15-7-5-4-6-8-15)19(26)12-22-20(27)18-11-21-10-17(18)16-9-23-24(2)14-16/h4-9,14,17-18,21H,3,10-13H2,1-2H3,(H,22,27)/t17-,18+/m1/s1. The summed E-state index contributed by atoms with van der Waals surface area (Å²) in [6.45, 7) is 4.48. The summed E-state index contributed by atoms with van der Waals surface area (Å²) >= 11 is 0. The number of hydrogen-bond donors (Lipinski definition) is 2. The predicted molar refractivity (Wildman–Crippen MR) is 103 cm³/mol. The van der Waals surface area contributed by atoms with Crippen molar-refractivity contribution in [1.29, 1.82) is 0 Å². The van der Waals surface area contributed by atoms with Crippen LogP contribution in [-0.2, 0) is 23.2 Å². The van der Waals surface area contributed by atoms with Gasteiger partial charge in [-0.2, -0.15) is 5.10 Å². The Morgan fingerprint density at radius 2 is 2.07 bits per heavy atom. The van der Waals surface area contributed by atoms with Crippen molar-refractivity contribution >= 4 is 11.8 Å². The highest BCUT2D eigenvalue weighted by Crippen LogP contribution is 2.27. The van der Waals surface area contributed by atoms with Crippen LogP contribution < -0.4 is 10.6 Å². The van der Waals surface area contributed by atoms with Crippen LogP contribution in [0.25, 0.3) is 0 Å². The van der Waals surface area contributed by atoms with E-state index in [-0.39, 0.29) is 30.2 Å². The molecular formula is C20H27N5O2. The van der Waals surface area contributed by atoms with Gasteiger partial charge in [0.25, 0.3) is 0 Å². The number of aryl methyl sites for hydroxylation is 1. The maximum Gasteiger partial charge on any atom is 0.242 e. The number of likely N-dealkylation sites (N-methyl/N-ethyl adjacent to an activating group) is 1. The lowest BCUT2D eigenvalue weighted by Crippen LogP contribution is -2.42. The zero-order chi connectivity index (χ0) is 19.2. The van der Waals surface area contributed by atoms with Crippen molar-refractivity contribution in [3.8, 4) is 0 Å². The quantitative estimate of drug-likeness (QED) is 0.760. The average Bonchev–Trinajstić information content (AvgIpc) is 3.33. The Balaban J connectivity index is 1.55. The summed E-state index contributed by atoms with van der Waals surface area (Å²) in [7, 11) is 1.87. The molecule has 7 nitrogen and oxygen atoms in total. The predicted octanol–water partition coefficient (Wildman–Crippen LogP) is 0.888. The summed E-state index contributed by atoms with van der Waals surface area (Å²) in [4.78, 5) is 26.9. The van der Waals surface area contributed by atoms with Crippen molar-refractivity contribution in [2.75, 3.05) is 26.2 Å². The molecule has 144 valence electrons. The zero-order valence-electron chi connectivity index (χ0n) is 15.9. The molecule has 0 saturated carbocycles. The Kier molecular flexibility index (Phi) is 6.24. The molecule has 0 bridgehead atoms. The third-order valence-corrected chi connectivity index (χ3v) is 5.07. The fourth-order valence-corrected chi connectivity index (χ4v) is 3.52. The molecule has 2 atom stereocenters.